The third kappa shape index (κ3) is 2.01. The Morgan fingerprint density at radius 1 is 1.32 bits per heavy atom. The lowest BCUT2D eigenvalue weighted by molar-refractivity contribution is 0.477. The predicted molar refractivity (Wildman–Crippen MR) is 72.3 cm³/mol. The number of benzene rings is 1. The number of nitrogens with one attached hydrogen (secondary N) is 1. The van der Waals surface area contributed by atoms with E-state index in [9.17, 15) is 5.11 Å². The van der Waals surface area contributed by atoms with Crippen LogP contribution >= 0.6 is 0 Å². The van der Waals surface area contributed by atoms with Crippen LogP contribution in [0.3, 0.4) is 0 Å². The minimum absolute atomic E-state index is 0.214. The normalized spacial score (nSPS) is 10.5. The van der Waals surface area contributed by atoms with Gasteiger partial charge in [0.25, 0.3) is 0 Å². The predicted octanol–water partition coefficient (Wildman–Crippen LogP) is 2.50. The summed E-state index contributed by atoms with van der Waals surface area (Å²) in [7, 11) is 0. The number of hydrogen-bond donors (Lipinski definition) is 2. The number of aromatic hydroxyl groups is 1. The van der Waals surface area contributed by atoms with E-state index in [-0.39, 0.29) is 5.75 Å². The first-order valence-electron chi connectivity index (χ1n) is 5.76. The fourth-order valence-corrected chi connectivity index (χ4v) is 1.85. The maximum Gasteiger partial charge on any atom is 0.154 e. The molecule has 2 heterocycles. The number of para-hydroxylation sites is 1. The minimum Gasteiger partial charge on any atom is -0.507 e. The van der Waals surface area contributed by atoms with Gasteiger partial charge in [0.2, 0.25) is 0 Å². The number of H-pyrrole nitrogens is 1. The highest BCUT2D eigenvalue weighted by molar-refractivity contribution is 5.68. The van der Waals surface area contributed by atoms with Crippen LogP contribution in [0.1, 0.15) is 5.82 Å². The molecular formula is C14H12N4O. The Kier molecular flexibility index (Phi) is 2.64. The second-order valence-electron chi connectivity index (χ2n) is 4.08. The van der Waals surface area contributed by atoms with Crippen molar-refractivity contribution in [2.45, 2.75) is 0 Å². The summed E-state index contributed by atoms with van der Waals surface area (Å²) < 4.78 is 1.77. The molecule has 0 amide bonds. The number of phenolic OH excluding ortho intramolecular Hbond substituents is 1. The molecule has 0 aliphatic carbocycles. The van der Waals surface area contributed by atoms with Crippen LogP contribution in [0.15, 0.2) is 55.8 Å². The Morgan fingerprint density at radius 2 is 2.16 bits per heavy atom. The molecule has 5 heteroatoms. The molecule has 0 atom stereocenters. The maximum atomic E-state index is 9.81. The van der Waals surface area contributed by atoms with E-state index in [0.29, 0.717) is 17.1 Å². The van der Waals surface area contributed by atoms with Crippen LogP contribution in [-0.2, 0) is 0 Å². The lowest BCUT2D eigenvalue weighted by Crippen LogP contribution is -1.96. The fraction of sp³-hybridized carbons (Fsp3) is 0. The van der Waals surface area contributed by atoms with Crippen molar-refractivity contribution in [3.63, 3.8) is 0 Å². The molecule has 3 rings (SSSR count). The van der Waals surface area contributed by atoms with Gasteiger partial charge in [-0.2, -0.15) is 0 Å². The Hall–Kier alpha value is -2.82. The zero-order valence-corrected chi connectivity index (χ0v) is 10.1. The van der Waals surface area contributed by atoms with Gasteiger partial charge in [-0.25, -0.2) is 9.97 Å². The second-order valence-corrected chi connectivity index (χ2v) is 4.08. The first kappa shape index (κ1) is 11.3. The SMILES string of the molecule is C=C(c1ncc(-c2ccccc2O)[nH]1)n1ccnc1. The van der Waals surface area contributed by atoms with Crippen molar-refractivity contribution in [2.75, 3.05) is 0 Å². The molecule has 0 fully saturated rings. The van der Waals surface area contributed by atoms with E-state index in [1.54, 1.807) is 41.6 Å². The highest BCUT2D eigenvalue weighted by Crippen LogP contribution is 2.27. The van der Waals surface area contributed by atoms with Gasteiger partial charge in [-0.1, -0.05) is 18.7 Å². The molecule has 0 unspecified atom stereocenters. The standard InChI is InChI=1S/C14H12N4O/c1-10(18-7-6-15-9-18)14-16-8-12(17-14)11-4-2-3-5-13(11)19/h2-9,19H,1H2,(H,16,17). The first-order chi connectivity index (χ1) is 9.25. The van der Waals surface area contributed by atoms with Gasteiger partial charge >= 0.3 is 0 Å². The van der Waals surface area contributed by atoms with Crippen LogP contribution < -0.4 is 0 Å². The fourth-order valence-electron chi connectivity index (χ4n) is 1.85. The molecule has 19 heavy (non-hydrogen) atoms. The van der Waals surface area contributed by atoms with Crippen LogP contribution in [0.25, 0.3) is 17.0 Å². The molecule has 0 saturated carbocycles. The van der Waals surface area contributed by atoms with E-state index in [1.807, 2.05) is 12.1 Å². The number of hydrogen-bond acceptors (Lipinski definition) is 3. The Balaban J connectivity index is 1.96. The molecule has 0 bridgehead atoms. The van der Waals surface area contributed by atoms with E-state index in [0.717, 1.165) is 5.69 Å². The second kappa shape index (κ2) is 4.45. The molecule has 0 spiro atoms. The molecule has 94 valence electrons. The van der Waals surface area contributed by atoms with Crippen molar-refractivity contribution in [3.8, 4) is 17.0 Å². The van der Waals surface area contributed by atoms with Crippen molar-refractivity contribution in [1.82, 2.24) is 19.5 Å². The lowest BCUT2D eigenvalue weighted by atomic mass is 10.1. The Labute approximate surface area is 109 Å². The summed E-state index contributed by atoms with van der Waals surface area (Å²) in [6, 6.07) is 7.11. The summed E-state index contributed by atoms with van der Waals surface area (Å²) in [5, 5.41) is 9.81. The zero-order chi connectivity index (χ0) is 13.2. The van der Waals surface area contributed by atoms with Gasteiger partial charge in [0.15, 0.2) is 5.82 Å². The molecule has 0 saturated heterocycles. The van der Waals surface area contributed by atoms with Crippen LogP contribution in [0, 0.1) is 0 Å². The summed E-state index contributed by atoms with van der Waals surface area (Å²) >= 11 is 0. The third-order valence-corrected chi connectivity index (χ3v) is 2.86. The summed E-state index contributed by atoms with van der Waals surface area (Å²) in [6.07, 6.45) is 6.81. The zero-order valence-electron chi connectivity index (χ0n) is 10.1. The molecule has 0 aliphatic rings. The minimum atomic E-state index is 0.214. The number of phenols is 1. The number of aromatic amines is 1. The van der Waals surface area contributed by atoms with Crippen molar-refractivity contribution >= 4 is 5.70 Å². The smallest absolute Gasteiger partial charge is 0.154 e. The molecule has 0 radical (unpaired) electrons. The van der Waals surface area contributed by atoms with Crippen LogP contribution in [0.5, 0.6) is 5.75 Å². The number of imidazole rings is 2. The average molecular weight is 252 g/mol. The van der Waals surface area contributed by atoms with E-state index < -0.39 is 0 Å². The number of aromatic nitrogens is 4. The highest BCUT2D eigenvalue weighted by Gasteiger charge is 2.09. The van der Waals surface area contributed by atoms with Gasteiger partial charge in [-0.15, -0.1) is 0 Å². The number of rotatable bonds is 3. The van der Waals surface area contributed by atoms with Gasteiger partial charge in [0.1, 0.15) is 5.75 Å². The van der Waals surface area contributed by atoms with Crippen molar-refractivity contribution < 1.29 is 5.11 Å². The average Bonchev–Trinajstić information content (AvgIpc) is 3.10. The van der Waals surface area contributed by atoms with Crippen molar-refractivity contribution in [1.29, 1.82) is 0 Å². The number of nitrogens with zero attached hydrogens (tertiary/aromatic N) is 3. The molecule has 5 nitrogen and oxygen atoms in total. The van der Waals surface area contributed by atoms with Crippen LogP contribution in [0.2, 0.25) is 0 Å². The van der Waals surface area contributed by atoms with Gasteiger partial charge in [0, 0.05) is 18.0 Å². The summed E-state index contributed by atoms with van der Waals surface area (Å²) in [5.41, 5.74) is 2.15. The van der Waals surface area contributed by atoms with Crippen molar-refractivity contribution in [3.05, 3.63) is 61.6 Å². The third-order valence-electron chi connectivity index (χ3n) is 2.86. The van der Waals surface area contributed by atoms with E-state index in [2.05, 4.69) is 21.5 Å². The van der Waals surface area contributed by atoms with E-state index >= 15 is 0 Å². The quantitative estimate of drug-likeness (QED) is 0.752. The molecule has 2 aromatic heterocycles. The van der Waals surface area contributed by atoms with E-state index in [1.165, 1.54) is 0 Å². The largest absolute Gasteiger partial charge is 0.507 e. The highest BCUT2D eigenvalue weighted by atomic mass is 16.3. The summed E-state index contributed by atoms with van der Waals surface area (Å²) in [6.45, 7) is 3.96. The first-order valence-corrected chi connectivity index (χ1v) is 5.76. The van der Waals surface area contributed by atoms with Gasteiger partial charge in [-0.05, 0) is 12.1 Å². The van der Waals surface area contributed by atoms with Gasteiger partial charge in [0.05, 0.1) is 23.9 Å². The van der Waals surface area contributed by atoms with Crippen molar-refractivity contribution in [2.24, 2.45) is 0 Å². The van der Waals surface area contributed by atoms with Crippen LogP contribution in [0.4, 0.5) is 0 Å². The molecule has 0 aliphatic heterocycles. The monoisotopic (exact) mass is 252 g/mol. The Morgan fingerprint density at radius 3 is 2.89 bits per heavy atom. The summed E-state index contributed by atoms with van der Waals surface area (Å²) in [4.78, 5) is 11.4. The topological polar surface area (TPSA) is 66.7 Å². The summed E-state index contributed by atoms with van der Waals surface area (Å²) in [5.74, 6) is 0.849. The maximum absolute atomic E-state index is 9.81. The molecular weight excluding hydrogens is 240 g/mol. The van der Waals surface area contributed by atoms with E-state index in [4.69, 9.17) is 0 Å². The molecule has 1 aromatic carbocycles. The van der Waals surface area contributed by atoms with Gasteiger partial charge in [-0.3, -0.25) is 0 Å². The molecule has 2 N–H and O–H groups in total. The lowest BCUT2D eigenvalue weighted by Gasteiger charge is -2.03. The molecule has 3 aromatic rings. The Bertz CT molecular complexity index is 713. The van der Waals surface area contributed by atoms with Gasteiger partial charge < -0.3 is 14.7 Å². The van der Waals surface area contributed by atoms with Crippen LogP contribution in [-0.4, -0.2) is 24.6 Å².